The fraction of sp³-hybridized carbons (Fsp3) is 0.667. The molecule has 0 fully saturated rings. The second-order valence-corrected chi connectivity index (χ2v) is 4.14. The SMILES string of the molecule is CCc1c(C)n(C)n(CCI)c1=O. The molecule has 0 spiro atoms. The number of hydrogen-bond acceptors (Lipinski definition) is 1. The Morgan fingerprint density at radius 3 is 2.46 bits per heavy atom. The molecule has 0 aromatic carbocycles. The minimum atomic E-state index is 0.180. The second-order valence-electron chi connectivity index (χ2n) is 3.06. The van der Waals surface area contributed by atoms with Gasteiger partial charge in [0.05, 0.1) is 6.54 Å². The molecule has 0 radical (unpaired) electrons. The van der Waals surface area contributed by atoms with E-state index in [9.17, 15) is 4.79 Å². The molecule has 4 heteroatoms. The van der Waals surface area contributed by atoms with Gasteiger partial charge in [0.1, 0.15) is 0 Å². The van der Waals surface area contributed by atoms with E-state index in [1.54, 1.807) is 4.68 Å². The molecule has 0 aliphatic carbocycles. The van der Waals surface area contributed by atoms with Crippen molar-refractivity contribution < 1.29 is 0 Å². The molecule has 0 amide bonds. The Balaban J connectivity index is 3.28. The number of nitrogens with zero attached hydrogens (tertiary/aromatic N) is 2. The summed E-state index contributed by atoms with van der Waals surface area (Å²) in [4.78, 5) is 11.8. The number of aromatic nitrogens is 2. The van der Waals surface area contributed by atoms with Crippen LogP contribution in [0.3, 0.4) is 0 Å². The monoisotopic (exact) mass is 294 g/mol. The smallest absolute Gasteiger partial charge is 0.270 e. The van der Waals surface area contributed by atoms with E-state index in [0.29, 0.717) is 0 Å². The number of halogens is 1. The summed E-state index contributed by atoms with van der Waals surface area (Å²) in [6, 6.07) is 0. The summed E-state index contributed by atoms with van der Waals surface area (Å²) in [6.45, 7) is 4.83. The highest BCUT2D eigenvalue weighted by atomic mass is 127. The van der Waals surface area contributed by atoms with E-state index < -0.39 is 0 Å². The number of hydrogen-bond donors (Lipinski definition) is 0. The maximum absolute atomic E-state index is 11.8. The van der Waals surface area contributed by atoms with Gasteiger partial charge in [-0.25, -0.2) is 4.68 Å². The van der Waals surface area contributed by atoms with Crippen LogP contribution in [0.25, 0.3) is 0 Å². The minimum Gasteiger partial charge on any atom is -0.290 e. The topological polar surface area (TPSA) is 26.9 Å². The van der Waals surface area contributed by atoms with Crippen molar-refractivity contribution in [3.05, 3.63) is 21.6 Å². The minimum absolute atomic E-state index is 0.180. The zero-order chi connectivity index (χ0) is 10.0. The third-order valence-electron chi connectivity index (χ3n) is 2.43. The Hall–Kier alpha value is -0.260. The molecule has 0 saturated heterocycles. The Morgan fingerprint density at radius 1 is 1.46 bits per heavy atom. The molecule has 1 rings (SSSR count). The average molecular weight is 294 g/mol. The summed E-state index contributed by atoms with van der Waals surface area (Å²) in [5, 5.41) is 0. The fourth-order valence-corrected chi connectivity index (χ4v) is 2.02. The van der Waals surface area contributed by atoms with E-state index in [-0.39, 0.29) is 5.56 Å². The summed E-state index contributed by atoms with van der Waals surface area (Å²) in [7, 11) is 1.95. The summed E-state index contributed by atoms with van der Waals surface area (Å²) < 4.78 is 4.73. The molecule has 3 nitrogen and oxygen atoms in total. The largest absolute Gasteiger partial charge is 0.290 e. The van der Waals surface area contributed by atoms with Crippen molar-refractivity contribution in [2.24, 2.45) is 7.05 Å². The van der Waals surface area contributed by atoms with E-state index in [1.807, 2.05) is 25.6 Å². The molecule has 0 unspecified atom stereocenters. The van der Waals surface area contributed by atoms with Gasteiger partial charge in [-0.1, -0.05) is 29.5 Å². The molecular formula is C9H15IN2O. The van der Waals surface area contributed by atoms with Crippen LogP contribution in [-0.4, -0.2) is 13.8 Å². The van der Waals surface area contributed by atoms with Crippen LogP contribution < -0.4 is 5.56 Å². The third kappa shape index (κ3) is 1.82. The molecule has 0 bridgehead atoms. The predicted molar refractivity (Wildman–Crippen MR) is 62.7 cm³/mol. The van der Waals surface area contributed by atoms with Crippen molar-refractivity contribution in [1.82, 2.24) is 9.36 Å². The molecule has 0 N–H and O–H groups in total. The first-order chi connectivity index (χ1) is 6.13. The van der Waals surface area contributed by atoms with Crippen LogP contribution in [0.4, 0.5) is 0 Å². The van der Waals surface area contributed by atoms with E-state index in [2.05, 4.69) is 22.6 Å². The lowest BCUT2D eigenvalue weighted by molar-refractivity contribution is 0.517. The van der Waals surface area contributed by atoms with E-state index in [4.69, 9.17) is 0 Å². The average Bonchev–Trinajstić information content (AvgIpc) is 2.31. The van der Waals surface area contributed by atoms with Gasteiger partial charge in [0, 0.05) is 22.7 Å². The van der Waals surface area contributed by atoms with Gasteiger partial charge in [-0.15, -0.1) is 0 Å². The summed E-state index contributed by atoms with van der Waals surface area (Å²) in [5.41, 5.74) is 2.23. The van der Waals surface area contributed by atoms with Crippen LogP contribution in [0, 0.1) is 6.92 Å². The van der Waals surface area contributed by atoms with E-state index >= 15 is 0 Å². The molecule has 1 aromatic heterocycles. The van der Waals surface area contributed by atoms with E-state index in [0.717, 1.165) is 28.7 Å². The summed E-state index contributed by atoms with van der Waals surface area (Å²) in [5.74, 6) is 0. The Bertz CT molecular complexity index is 351. The van der Waals surface area contributed by atoms with Crippen LogP contribution in [0.5, 0.6) is 0 Å². The van der Waals surface area contributed by atoms with Gasteiger partial charge in [0.15, 0.2) is 0 Å². The maximum Gasteiger partial charge on any atom is 0.270 e. The molecule has 13 heavy (non-hydrogen) atoms. The number of alkyl halides is 1. The van der Waals surface area contributed by atoms with Crippen LogP contribution in [-0.2, 0) is 20.0 Å². The summed E-state index contributed by atoms with van der Waals surface area (Å²) >= 11 is 2.28. The molecule has 0 aliphatic rings. The van der Waals surface area contributed by atoms with Gasteiger partial charge in [-0.3, -0.25) is 9.48 Å². The first kappa shape index (κ1) is 10.8. The molecular weight excluding hydrogens is 279 g/mol. The Labute approximate surface area is 91.9 Å². The zero-order valence-corrected chi connectivity index (χ0v) is 10.5. The lowest BCUT2D eigenvalue weighted by Crippen LogP contribution is -2.23. The highest BCUT2D eigenvalue weighted by Gasteiger charge is 2.11. The third-order valence-corrected chi connectivity index (χ3v) is 2.91. The van der Waals surface area contributed by atoms with Crippen LogP contribution >= 0.6 is 22.6 Å². The Morgan fingerprint density at radius 2 is 2.08 bits per heavy atom. The summed E-state index contributed by atoms with van der Waals surface area (Å²) in [6.07, 6.45) is 0.826. The molecule has 74 valence electrons. The lowest BCUT2D eigenvalue weighted by atomic mass is 10.2. The standard InChI is InChI=1S/C9H15IN2O/c1-4-8-7(2)11(3)12(6-5-10)9(8)13/h4-6H2,1-3H3. The van der Waals surface area contributed by atoms with Crippen molar-refractivity contribution in [2.45, 2.75) is 26.8 Å². The molecule has 1 aromatic rings. The number of rotatable bonds is 3. The molecule has 0 aliphatic heterocycles. The first-order valence-corrected chi connectivity index (χ1v) is 5.97. The van der Waals surface area contributed by atoms with Gasteiger partial charge < -0.3 is 0 Å². The molecule has 0 atom stereocenters. The van der Waals surface area contributed by atoms with Crippen molar-refractivity contribution in [1.29, 1.82) is 0 Å². The van der Waals surface area contributed by atoms with Crippen molar-refractivity contribution in [3.8, 4) is 0 Å². The van der Waals surface area contributed by atoms with Gasteiger partial charge in [0.2, 0.25) is 0 Å². The van der Waals surface area contributed by atoms with Crippen molar-refractivity contribution >= 4 is 22.6 Å². The normalized spacial score (nSPS) is 10.8. The highest BCUT2D eigenvalue weighted by Crippen LogP contribution is 2.03. The first-order valence-electron chi connectivity index (χ1n) is 4.44. The molecule has 1 heterocycles. The Kier molecular flexibility index (Phi) is 3.58. The van der Waals surface area contributed by atoms with Gasteiger partial charge in [-0.2, -0.15) is 0 Å². The lowest BCUT2D eigenvalue weighted by Gasteiger charge is -2.05. The van der Waals surface area contributed by atoms with Gasteiger partial charge >= 0.3 is 0 Å². The van der Waals surface area contributed by atoms with Crippen molar-refractivity contribution in [3.63, 3.8) is 0 Å². The second kappa shape index (κ2) is 4.30. The van der Waals surface area contributed by atoms with Crippen LogP contribution in [0.15, 0.2) is 4.79 Å². The fourth-order valence-electron chi connectivity index (χ4n) is 1.56. The van der Waals surface area contributed by atoms with Gasteiger partial charge in [-0.05, 0) is 13.3 Å². The van der Waals surface area contributed by atoms with E-state index in [1.165, 1.54) is 0 Å². The predicted octanol–water partition coefficient (Wildman–Crippen LogP) is 1.49. The maximum atomic E-state index is 11.8. The molecule has 0 saturated carbocycles. The van der Waals surface area contributed by atoms with Crippen LogP contribution in [0.1, 0.15) is 18.2 Å². The zero-order valence-electron chi connectivity index (χ0n) is 8.30. The highest BCUT2D eigenvalue weighted by molar-refractivity contribution is 14.1. The van der Waals surface area contributed by atoms with Crippen molar-refractivity contribution in [2.75, 3.05) is 4.43 Å². The van der Waals surface area contributed by atoms with Crippen LogP contribution in [0.2, 0.25) is 0 Å². The van der Waals surface area contributed by atoms with Gasteiger partial charge in [0.25, 0.3) is 5.56 Å². The quantitative estimate of drug-likeness (QED) is 0.613.